The van der Waals surface area contributed by atoms with Crippen LogP contribution in [0.15, 0.2) is 18.2 Å². The van der Waals surface area contributed by atoms with Gasteiger partial charge in [0.1, 0.15) is 0 Å². The fourth-order valence-electron chi connectivity index (χ4n) is 3.37. The lowest BCUT2D eigenvalue weighted by molar-refractivity contribution is 0.0697. The summed E-state index contributed by atoms with van der Waals surface area (Å²) >= 11 is 6.00. The lowest BCUT2D eigenvalue weighted by Gasteiger charge is -2.35. The minimum atomic E-state index is -0.985. The van der Waals surface area contributed by atoms with Crippen molar-refractivity contribution in [1.29, 1.82) is 0 Å². The number of hydrogen-bond donors (Lipinski definition) is 2. The molecule has 1 aromatic rings. The average molecular weight is 295 g/mol. The Morgan fingerprint density at radius 1 is 1.35 bits per heavy atom. The van der Waals surface area contributed by atoms with Gasteiger partial charge in [-0.25, -0.2) is 4.79 Å². The zero-order chi connectivity index (χ0) is 14.1. The number of carboxylic acids is 1. The van der Waals surface area contributed by atoms with E-state index in [2.05, 4.69) is 10.2 Å². The van der Waals surface area contributed by atoms with Crippen LogP contribution in [0.4, 0.5) is 5.69 Å². The summed E-state index contributed by atoms with van der Waals surface area (Å²) in [5, 5.41) is 12.8. The van der Waals surface area contributed by atoms with Crippen molar-refractivity contribution in [3.8, 4) is 0 Å². The molecule has 2 unspecified atom stereocenters. The Hall–Kier alpha value is -1.26. The highest BCUT2D eigenvalue weighted by Gasteiger charge is 2.31. The first-order valence-electron chi connectivity index (χ1n) is 7.17. The van der Waals surface area contributed by atoms with Gasteiger partial charge in [-0.05, 0) is 50.4 Å². The number of nitrogens with one attached hydrogen (secondary N) is 1. The minimum absolute atomic E-state index is 0.155. The topological polar surface area (TPSA) is 52.6 Å². The molecular weight excluding hydrogens is 276 g/mol. The normalized spacial score (nSPS) is 26.2. The summed E-state index contributed by atoms with van der Waals surface area (Å²) in [4.78, 5) is 13.5. The van der Waals surface area contributed by atoms with Gasteiger partial charge in [-0.3, -0.25) is 0 Å². The monoisotopic (exact) mass is 294 g/mol. The smallest absolute Gasteiger partial charge is 0.337 e. The van der Waals surface area contributed by atoms with Crippen molar-refractivity contribution < 1.29 is 9.90 Å². The van der Waals surface area contributed by atoms with Crippen LogP contribution in [0.25, 0.3) is 0 Å². The Morgan fingerprint density at radius 3 is 2.95 bits per heavy atom. The summed E-state index contributed by atoms with van der Waals surface area (Å²) in [6.45, 7) is 2.40. The first-order chi connectivity index (χ1) is 9.63. The standard InChI is InChI=1S/C15H19ClN2O2/c16-14-9-10(3-4-13(14)15(19)20)17-11-5-7-18-6-1-2-12(18)8-11/h3-4,9,11-12,17H,1-2,5-8H2,(H,19,20). The Bertz CT molecular complexity index is 521. The van der Waals surface area contributed by atoms with Crippen LogP contribution in [0.3, 0.4) is 0 Å². The molecule has 0 bridgehead atoms. The third-order valence-electron chi connectivity index (χ3n) is 4.39. The van der Waals surface area contributed by atoms with E-state index in [4.69, 9.17) is 16.7 Å². The maximum Gasteiger partial charge on any atom is 0.337 e. The lowest BCUT2D eigenvalue weighted by Crippen LogP contribution is -2.42. The number of benzene rings is 1. The quantitative estimate of drug-likeness (QED) is 0.899. The molecule has 20 heavy (non-hydrogen) atoms. The Balaban J connectivity index is 1.66. The molecule has 2 heterocycles. The number of anilines is 1. The summed E-state index contributed by atoms with van der Waals surface area (Å²) < 4.78 is 0. The average Bonchev–Trinajstić information content (AvgIpc) is 2.85. The number of fused-ring (bicyclic) bond motifs is 1. The summed E-state index contributed by atoms with van der Waals surface area (Å²) in [6, 6.07) is 6.26. The summed E-state index contributed by atoms with van der Waals surface area (Å²) in [5.74, 6) is -0.985. The molecule has 0 spiro atoms. The molecular formula is C15H19ClN2O2. The van der Waals surface area contributed by atoms with E-state index in [9.17, 15) is 4.79 Å². The molecule has 108 valence electrons. The van der Waals surface area contributed by atoms with Gasteiger partial charge < -0.3 is 15.3 Å². The fraction of sp³-hybridized carbons (Fsp3) is 0.533. The van der Waals surface area contributed by atoms with Crippen LogP contribution in [0.1, 0.15) is 36.0 Å². The number of carboxylic acid groups (broad SMARTS) is 1. The zero-order valence-electron chi connectivity index (χ0n) is 11.3. The SMILES string of the molecule is O=C(O)c1ccc(NC2CCN3CCCC3C2)cc1Cl. The number of piperidine rings is 1. The summed E-state index contributed by atoms with van der Waals surface area (Å²) in [5.41, 5.74) is 1.07. The largest absolute Gasteiger partial charge is 0.478 e. The Morgan fingerprint density at radius 2 is 2.20 bits per heavy atom. The van der Waals surface area contributed by atoms with E-state index < -0.39 is 5.97 Å². The molecule has 0 aliphatic carbocycles. The number of nitrogens with zero attached hydrogens (tertiary/aromatic N) is 1. The Kier molecular flexibility index (Phi) is 3.85. The molecule has 0 amide bonds. The van der Waals surface area contributed by atoms with Gasteiger partial charge in [0.25, 0.3) is 0 Å². The van der Waals surface area contributed by atoms with E-state index in [0.29, 0.717) is 11.1 Å². The molecule has 2 saturated heterocycles. The molecule has 2 N–H and O–H groups in total. The van der Waals surface area contributed by atoms with Gasteiger partial charge in [0.2, 0.25) is 0 Å². The summed E-state index contributed by atoms with van der Waals surface area (Å²) in [6.07, 6.45) is 4.92. The number of aromatic carboxylic acids is 1. The van der Waals surface area contributed by atoms with Gasteiger partial charge in [-0.2, -0.15) is 0 Å². The van der Waals surface area contributed by atoms with Crippen LogP contribution < -0.4 is 5.32 Å². The maximum atomic E-state index is 10.9. The number of halogens is 1. The second-order valence-corrected chi connectivity index (χ2v) is 6.10. The van der Waals surface area contributed by atoms with Crippen molar-refractivity contribution in [2.24, 2.45) is 0 Å². The van der Waals surface area contributed by atoms with Crippen LogP contribution in [-0.2, 0) is 0 Å². The lowest BCUT2D eigenvalue weighted by atomic mass is 9.97. The molecule has 0 radical (unpaired) electrons. The van der Waals surface area contributed by atoms with Gasteiger partial charge in [-0.15, -0.1) is 0 Å². The molecule has 2 aliphatic rings. The van der Waals surface area contributed by atoms with Crippen molar-refractivity contribution in [3.63, 3.8) is 0 Å². The van der Waals surface area contributed by atoms with Gasteiger partial charge in [-0.1, -0.05) is 11.6 Å². The molecule has 2 aliphatic heterocycles. The van der Waals surface area contributed by atoms with Gasteiger partial charge in [0, 0.05) is 24.3 Å². The van der Waals surface area contributed by atoms with E-state index in [1.165, 1.54) is 19.4 Å². The first kappa shape index (κ1) is 13.7. The molecule has 3 rings (SSSR count). The molecule has 0 saturated carbocycles. The summed E-state index contributed by atoms with van der Waals surface area (Å²) in [7, 11) is 0. The van der Waals surface area contributed by atoms with Crippen molar-refractivity contribution in [3.05, 3.63) is 28.8 Å². The maximum absolute atomic E-state index is 10.9. The molecule has 2 atom stereocenters. The second kappa shape index (κ2) is 5.62. The van der Waals surface area contributed by atoms with Crippen LogP contribution in [-0.4, -0.2) is 41.1 Å². The van der Waals surface area contributed by atoms with Crippen LogP contribution >= 0.6 is 11.6 Å². The van der Waals surface area contributed by atoms with E-state index in [-0.39, 0.29) is 5.56 Å². The molecule has 2 fully saturated rings. The van der Waals surface area contributed by atoms with Crippen molar-refractivity contribution in [2.45, 2.75) is 37.8 Å². The third kappa shape index (κ3) is 2.76. The van der Waals surface area contributed by atoms with E-state index >= 15 is 0 Å². The van der Waals surface area contributed by atoms with Crippen molar-refractivity contribution >= 4 is 23.3 Å². The minimum Gasteiger partial charge on any atom is -0.478 e. The number of carbonyl (C=O) groups is 1. The number of rotatable bonds is 3. The highest BCUT2D eigenvalue weighted by atomic mass is 35.5. The van der Waals surface area contributed by atoms with E-state index in [1.807, 2.05) is 0 Å². The number of hydrogen-bond acceptors (Lipinski definition) is 3. The molecule has 4 nitrogen and oxygen atoms in total. The van der Waals surface area contributed by atoms with Gasteiger partial charge in [0.05, 0.1) is 10.6 Å². The van der Waals surface area contributed by atoms with Crippen molar-refractivity contribution in [2.75, 3.05) is 18.4 Å². The highest BCUT2D eigenvalue weighted by Crippen LogP contribution is 2.29. The highest BCUT2D eigenvalue weighted by molar-refractivity contribution is 6.33. The molecule has 0 aromatic heterocycles. The Labute approximate surface area is 123 Å². The van der Waals surface area contributed by atoms with E-state index in [0.717, 1.165) is 31.1 Å². The second-order valence-electron chi connectivity index (χ2n) is 5.70. The third-order valence-corrected chi connectivity index (χ3v) is 4.70. The van der Waals surface area contributed by atoms with Crippen molar-refractivity contribution in [1.82, 2.24) is 4.90 Å². The van der Waals surface area contributed by atoms with Crippen LogP contribution in [0.5, 0.6) is 0 Å². The first-order valence-corrected chi connectivity index (χ1v) is 7.55. The fourth-order valence-corrected chi connectivity index (χ4v) is 3.63. The van der Waals surface area contributed by atoms with E-state index in [1.54, 1.807) is 18.2 Å². The van der Waals surface area contributed by atoms with Gasteiger partial charge >= 0.3 is 5.97 Å². The molecule has 5 heteroatoms. The predicted molar refractivity (Wildman–Crippen MR) is 79.7 cm³/mol. The van der Waals surface area contributed by atoms with Crippen LogP contribution in [0, 0.1) is 0 Å². The predicted octanol–water partition coefficient (Wildman–Crippen LogP) is 3.08. The molecule has 1 aromatic carbocycles. The van der Waals surface area contributed by atoms with Crippen LogP contribution in [0.2, 0.25) is 5.02 Å². The zero-order valence-corrected chi connectivity index (χ0v) is 12.1. The van der Waals surface area contributed by atoms with Gasteiger partial charge in [0.15, 0.2) is 0 Å².